The molecule has 1 aromatic carbocycles. The van der Waals surface area contributed by atoms with Gasteiger partial charge in [0, 0.05) is 74.2 Å². The Balaban J connectivity index is 1.20. The van der Waals surface area contributed by atoms with Crippen molar-refractivity contribution in [3.63, 3.8) is 0 Å². The Morgan fingerprint density at radius 2 is 1.78 bits per heavy atom. The monoisotopic (exact) mass is 560 g/mol. The van der Waals surface area contributed by atoms with Gasteiger partial charge in [0.2, 0.25) is 11.8 Å². The fourth-order valence-electron chi connectivity index (χ4n) is 7.58. The Morgan fingerprint density at radius 3 is 2.59 bits per heavy atom. The number of hydrogen-bond acceptors (Lipinski definition) is 5. The molecule has 4 atom stereocenters. The molecule has 1 saturated carbocycles. The molecule has 4 N–H and O–H groups in total. The average Bonchev–Trinajstić information content (AvgIpc) is 2.95. The highest BCUT2D eigenvalue weighted by Gasteiger charge is 2.49. The van der Waals surface area contributed by atoms with Gasteiger partial charge in [-0.3, -0.25) is 14.4 Å². The second kappa shape index (κ2) is 11.6. The minimum atomic E-state index is -0.348. The lowest BCUT2D eigenvalue weighted by Gasteiger charge is -2.54. The minimum Gasteiger partial charge on any atom is -0.366 e. The van der Waals surface area contributed by atoms with Crippen molar-refractivity contribution in [2.75, 3.05) is 29.9 Å². The second-order valence-electron chi connectivity index (χ2n) is 12.1. The van der Waals surface area contributed by atoms with Gasteiger partial charge in [-0.2, -0.15) is 0 Å². The normalized spacial score (nSPS) is 24.8. The summed E-state index contributed by atoms with van der Waals surface area (Å²) in [5, 5.41) is 11.9. The molecule has 10 heteroatoms. The Morgan fingerprint density at radius 1 is 0.976 bits per heavy atom. The van der Waals surface area contributed by atoms with Crippen LogP contribution >= 0.6 is 0 Å². The highest BCUT2D eigenvalue weighted by atomic mass is 16.2. The third-order valence-corrected chi connectivity index (χ3v) is 9.27. The predicted octanol–water partition coefficient (Wildman–Crippen LogP) is 2.72. The number of hydrogen-bond donors (Lipinski definition) is 4. The van der Waals surface area contributed by atoms with E-state index in [1.165, 1.54) is 13.3 Å². The zero-order valence-corrected chi connectivity index (χ0v) is 23.7. The average molecular weight is 561 g/mol. The summed E-state index contributed by atoms with van der Waals surface area (Å²) in [6, 6.07) is 11.4. The van der Waals surface area contributed by atoms with Crippen LogP contribution < -0.4 is 31.7 Å². The molecule has 2 aromatic rings. The van der Waals surface area contributed by atoms with E-state index in [-0.39, 0.29) is 47.3 Å². The topological polar surface area (TPSA) is 125 Å². The number of aromatic nitrogens is 1. The summed E-state index contributed by atoms with van der Waals surface area (Å²) in [4.78, 5) is 53.0. The van der Waals surface area contributed by atoms with Crippen LogP contribution in [0.4, 0.5) is 16.2 Å². The summed E-state index contributed by atoms with van der Waals surface area (Å²) in [5.74, 6) is -0.185. The molecule has 2 fully saturated rings. The fourth-order valence-corrected chi connectivity index (χ4v) is 7.58. The highest BCUT2D eigenvalue weighted by molar-refractivity contribution is 5.89. The van der Waals surface area contributed by atoms with Crippen LogP contribution in [0.25, 0.3) is 0 Å². The molecule has 0 spiro atoms. The van der Waals surface area contributed by atoms with Gasteiger partial charge < -0.3 is 30.7 Å². The highest BCUT2D eigenvalue weighted by Crippen LogP contribution is 2.48. The standard InChI is InChI=1S/C31H40N6O4/c1-19(38)34-23-10-11-26-21(15-23)16-25(30(40)32-12-13-33-31(41)35-22-6-3-2-4-7-22)29-24-14-20(18-37(26)29)17-36-27(24)8-5-9-28(36)39/h5,8-11,15,20,22,24-25,29H,2-4,6-7,12-14,16-18H2,1H3,(H,32,40)(H,34,38)(H2,33,35,41)/t20-,24+,25+,29+/m0/s1. The molecule has 1 aliphatic carbocycles. The summed E-state index contributed by atoms with van der Waals surface area (Å²) in [7, 11) is 0. The van der Waals surface area contributed by atoms with Crippen molar-refractivity contribution >= 4 is 29.2 Å². The number of anilines is 2. The summed E-state index contributed by atoms with van der Waals surface area (Å²) >= 11 is 0. The molecular weight excluding hydrogens is 520 g/mol. The van der Waals surface area contributed by atoms with Crippen LogP contribution in [0.5, 0.6) is 0 Å². The van der Waals surface area contributed by atoms with Crippen molar-refractivity contribution < 1.29 is 14.4 Å². The molecular formula is C31H40N6O4. The smallest absolute Gasteiger partial charge is 0.315 e. The maximum absolute atomic E-state index is 13.8. The van der Waals surface area contributed by atoms with Gasteiger partial charge in [0.25, 0.3) is 5.56 Å². The van der Waals surface area contributed by atoms with Crippen LogP contribution in [0.1, 0.15) is 62.6 Å². The van der Waals surface area contributed by atoms with Gasteiger partial charge in [0.15, 0.2) is 0 Å². The van der Waals surface area contributed by atoms with E-state index in [2.05, 4.69) is 32.2 Å². The van der Waals surface area contributed by atoms with E-state index in [0.29, 0.717) is 32.0 Å². The number of urea groups is 1. The van der Waals surface area contributed by atoms with E-state index in [1.807, 2.05) is 28.8 Å². The van der Waals surface area contributed by atoms with Crippen LogP contribution in [0.15, 0.2) is 41.2 Å². The van der Waals surface area contributed by atoms with Crippen LogP contribution in [0, 0.1) is 11.8 Å². The molecule has 10 nitrogen and oxygen atoms in total. The first-order valence-corrected chi connectivity index (χ1v) is 15.1. The Bertz CT molecular complexity index is 1380. The van der Waals surface area contributed by atoms with Crippen molar-refractivity contribution in [3.8, 4) is 0 Å². The van der Waals surface area contributed by atoms with Crippen molar-refractivity contribution in [1.82, 2.24) is 20.5 Å². The van der Waals surface area contributed by atoms with Crippen LogP contribution in [0.3, 0.4) is 0 Å². The van der Waals surface area contributed by atoms with Gasteiger partial charge in [-0.15, -0.1) is 0 Å². The summed E-state index contributed by atoms with van der Waals surface area (Å²) in [6.07, 6.45) is 7.04. The lowest BCUT2D eigenvalue weighted by atomic mass is 9.69. The molecule has 6 rings (SSSR count). The number of carbonyl (C=O) groups excluding carboxylic acids is 3. The predicted molar refractivity (Wildman–Crippen MR) is 157 cm³/mol. The first-order valence-electron chi connectivity index (χ1n) is 15.1. The number of nitrogens with one attached hydrogen (secondary N) is 4. The van der Waals surface area contributed by atoms with Gasteiger partial charge in [-0.05, 0) is 61.4 Å². The van der Waals surface area contributed by atoms with Gasteiger partial charge in [0.05, 0.1) is 5.92 Å². The molecule has 4 heterocycles. The third-order valence-electron chi connectivity index (χ3n) is 9.27. The van der Waals surface area contributed by atoms with Gasteiger partial charge in [0.1, 0.15) is 0 Å². The molecule has 4 amide bonds. The molecule has 41 heavy (non-hydrogen) atoms. The molecule has 1 saturated heterocycles. The third kappa shape index (κ3) is 5.69. The van der Waals surface area contributed by atoms with E-state index in [1.54, 1.807) is 6.07 Å². The van der Waals surface area contributed by atoms with E-state index in [4.69, 9.17) is 0 Å². The summed E-state index contributed by atoms with van der Waals surface area (Å²) in [6.45, 7) is 3.61. The van der Waals surface area contributed by atoms with Gasteiger partial charge in [-0.1, -0.05) is 25.3 Å². The van der Waals surface area contributed by atoms with E-state index in [9.17, 15) is 19.2 Å². The van der Waals surface area contributed by atoms with Crippen LogP contribution in [-0.2, 0) is 22.6 Å². The number of rotatable bonds is 6. The molecule has 2 bridgehead atoms. The lowest BCUT2D eigenvalue weighted by Crippen LogP contribution is -2.60. The quantitative estimate of drug-likeness (QED) is 0.405. The maximum atomic E-state index is 13.8. The maximum Gasteiger partial charge on any atom is 0.315 e. The molecule has 0 unspecified atom stereocenters. The molecule has 0 radical (unpaired) electrons. The van der Waals surface area contributed by atoms with Gasteiger partial charge in [-0.25, -0.2) is 4.79 Å². The summed E-state index contributed by atoms with van der Waals surface area (Å²) < 4.78 is 1.90. The first kappa shape index (κ1) is 27.4. The van der Waals surface area contributed by atoms with Crippen molar-refractivity contribution in [1.29, 1.82) is 0 Å². The largest absolute Gasteiger partial charge is 0.366 e. The zero-order chi connectivity index (χ0) is 28.5. The SMILES string of the molecule is CC(=O)Nc1ccc2c(c1)C[C@@H](C(=O)NCCNC(=O)NC1CCCCC1)[C@H]1[C@@H]3C[C@H](CN21)Cn1c3cccc1=O. The molecule has 4 aliphatic rings. The van der Waals surface area contributed by atoms with E-state index >= 15 is 0 Å². The van der Waals surface area contributed by atoms with E-state index in [0.717, 1.165) is 61.3 Å². The Hall–Kier alpha value is -3.82. The number of piperidine rings is 1. The molecule has 3 aliphatic heterocycles. The van der Waals surface area contributed by atoms with Crippen molar-refractivity contribution in [2.24, 2.45) is 11.8 Å². The number of fused-ring (bicyclic) bond motifs is 8. The van der Waals surface area contributed by atoms with Crippen LogP contribution in [0.2, 0.25) is 0 Å². The number of amides is 4. The van der Waals surface area contributed by atoms with Crippen molar-refractivity contribution in [2.45, 2.75) is 76.4 Å². The molecule has 1 aromatic heterocycles. The second-order valence-corrected chi connectivity index (χ2v) is 12.1. The molecule has 218 valence electrons. The number of carbonyl (C=O) groups is 3. The lowest BCUT2D eigenvalue weighted by molar-refractivity contribution is -0.126. The zero-order valence-electron chi connectivity index (χ0n) is 23.7. The summed E-state index contributed by atoms with van der Waals surface area (Å²) in [5.41, 5.74) is 3.86. The minimum absolute atomic E-state index is 0.0142. The Labute approximate surface area is 240 Å². The van der Waals surface area contributed by atoms with Crippen molar-refractivity contribution in [3.05, 3.63) is 58.0 Å². The number of nitrogens with zero attached hydrogens (tertiary/aromatic N) is 2. The number of benzene rings is 1. The first-order chi connectivity index (χ1) is 19.9. The van der Waals surface area contributed by atoms with Crippen LogP contribution in [-0.4, -0.2) is 54.1 Å². The number of pyridine rings is 1. The Kier molecular flexibility index (Phi) is 7.73. The van der Waals surface area contributed by atoms with E-state index < -0.39 is 0 Å². The fraction of sp³-hybridized carbons (Fsp3) is 0.548. The van der Waals surface area contributed by atoms with Gasteiger partial charge >= 0.3 is 6.03 Å².